The summed E-state index contributed by atoms with van der Waals surface area (Å²) in [6.07, 6.45) is 1.18. The summed E-state index contributed by atoms with van der Waals surface area (Å²) in [5.41, 5.74) is 1.89. The van der Waals surface area contributed by atoms with Crippen molar-refractivity contribution in [2.45, 2.75) is 13.0 Å². The number of anilines is 4. The fraction of sp³-hybridized carbons (Fsp3) is 0.421. The fourth-order valence-corrected chi connectivity index (χ4v) is 3.30. The zero-order chi connectivity index (χ0) is 19.5. The molecule has 0 atom stereocenters. The Morgan fingerprint density at radius 1 is 1.25 bits per heavy atom. The van der Waals surface area contributed by atoms with Gasteiger partial charge in [-0.1, -0.05) is 6.07 Å². The van der Waals surface area contributed by atoms with E-state index in [0.29, 0.717) is 5.95 Å². The molecular weight excluding hydrogens is 361 g/mol. The first-order valence-corrected chi connectivity index (χ1v) is 9.46. The van der Waals surface area contributed by atoms with E-state index in [2.05, 4.69) is 30.8 Å². The van der Waals surface area contributed by atoms with E-state index in [1.54, 1.807) is 6.92 Å². The summed E-state index contributed by atoms with van der Waals surface area (Å²) in [6, 6.07) is 8.12. The van der Waals surface area contributed by atoms with Gasteiger partial charge in [0.2, 0.25) is 11.9 Å². The van der Waals surface area contributed by atoms with Crippen LogP contribution in [-0.4, -0.2) is 66.1 Å². The number of rotatable bonds is 5. The number of hydrogen-bond acceptors (Lipinski definition) is 7. The topological polar surface area (TPSA) is 85.4 Å². The monoisotopic (exact) mass is 385 g/mol. The van der Waals surface area contributed by atoms with Crippen LogP contribution in [0, 0.1) is 5.82 Å². The summed E-state index contributed by atoms with van der Waals surface area (Å²) >= 11 is 0. The van der Waals surface area contributed by atoms with Gasteiger partial charge in [0, 0.05) is 57.6 Å². The highest BCUT2D eigenvalue weighted by atomic mass is 19.1. The fourth-order valence-electron chi connectivity index (χ4n) is 3.30. The third-order valence-electron chi connectivity index (χ3n) is 5.06. The van der Waals surface area contributed by atoms with Gasteiger partial charge in [-0.15, -0.1) is 0 Å². The van der Waals surface area contributed by atoms with Crippen LogP contribution in [0.25, 0.3) is 0 Å². The molecule has 4 rings (SSSR count). The number of aromatic nitrogens is 2. The molecule has 0 unspecified atom stereocenters. The van der Waals surface area contributed by atoms with E-state index in [1.807, 2.05) is 29.2 Å². The second kappa shape index (κ2) is 7.97. The van der Waals surface area contributed by atoms with Gasteiger partial charge < -0.3 is 25.8 Å². The lowest BCUT2D eigenvalue weighted by molar-refractivity contribution is -0.129. The molecule has 148 valence electrons. The van der Waals surface area contributed by atoms with Crippen LogP contribution in [0.15, 0.2) is 30.5 Å². The number of benzene rings is 1. The van der Waals surface area contributed by atoms with E-state index in [-0.39, 0.29) is 17.8 Å². The molecule has 2 aromatic rings. The highest BCUT2D eigenvalue weighted by molar-refractivity contribution is 5.73. The van der Waals surface area contributed by atoms with Gasteiger partial charge in [0.1, 0.15) is 0 Å². The summed E-state index contributed by atoms with van der Waals surface area (Å²) in [4.78, 5) is 23.9. The number of amides is 1. The van der Waals surface area contributed by atoms with Crippen molar-refractivity contribution in [1.82, 2.24) is 20.2 Å². The second-order valence-electron chi connectivity index (χ2n) is 7.06. The smallest absolute Gasteiger partial charge is 0.229 e. The van der Waals surface area contributed by atoms with Crippen molar-refractivity contribution in [2.24, 2.45) is 0 Å². The summed E-state index contributed by atoms with van der Waals surface area (Å²) in [5, 5.41) is 9.36. The van der Waals surface area contributed by atoms with Crippen molar-refractivity contribution < 1.29 is 9.18 Å². The Kier molecular flexibility index (Phi) is 5.25. The first kappa shape index (κ1) is 18.4. The van der Waals surface area contributed by atoms with Crippen molar-refractivity contribution in [2.75, 3.05) is 54.8 Å². The minimum atomic E-state index is -0.463. The molecule has 0 aliphatic carbocycles. The van der Waals surface area contributed by atoms with Gasteiger partial charge >= 0.3 is 0 Å². The van der Waals surface area contributed by atoms with E-state index >= 15 is 0 Å². The molecule has 2 fully saturated rings. The number of carbonyl (C=O) groups is 1. The summed E-state index contributed by atoms with van der Waals surface area (Å²) in [5.74, 6) is 0.204. The zero-order valence-corrected chi connectivity index (χ0v) is 15.8. The van der Waals surface area contributed by atoms with Crippen LogP contribution < -0.4 is 20.9 Å². The number of piperazine rings is 1. The molecule has 2 saturated heterocycles. The maximum atomic E-state index is 14.0. The number of nitrogens with one attached hydrogen (secondary N) is 3. The molecule has 8 nitrogen and oxygen atoms in total. The van der Waals surface area contributed by atoms with Crippen molar-refractivity contribution in [3.63, 3.8) is 0 Å². The van der Waals surface area contributed by atoms with Crippen molar-refractivity contribution in [3.05, 3.63) is 36.3 Å². The average Bonchev–Trinajstić information content (AvgIpc) is 2.67. The van der Waals surface area contributed by atoms with Gasteiger partial charge in [0.25, 0.3) is 0 Å². The lowest BCUT2D eigenvalue weighted by atomic mass is 10.2. The Balaban J connectivity index is 1.43. The highest BCUT2D eigenvalue weighted by Crippen LogP contribution is 2.23. The lowest BCUT2D eigenvalue weighted by Crippen LogP contribution is -2.51. The minimum absolute atomic E-state index is 0.116. The third kappa shape index (κ3) is 4.14. The molecule has 2 aliphatic heterocycles. The second-order valence-corrected chi connectivity index (χ2v) is 7.06. The Hall–Kier alpha value is -2.94. The van der Waals surface area contributed by atoms with Crippen LogP contribution in [-0.2, 0) is 4.79 Å². The number of nitrogens with zero attached hydrogens (tertiary/aromatic N) is 4. The Morgan fingerprint density at radius 3 is 2.71 bits per heavy atom. The summed E-state index contributed by atoms with van der Waals surface area (Å²) < 4.78 is 14.0. The summed E-state index contributed by atoms with van der Waals surface area (Å²) in [6.45, 7) is 6.22. The SMILES string of the molecule is CC(=O)N1CCN(c2cccc(Nc3ncc(F)c(NC4CNC4)n3)c2)CC1. The van der Waals surface area contributed by atoms with Crippen LogP contribution in [0.2, 0.25) is 0 Å². The number of hydrogen-bond donors (Lipinski definition) is 3. The molecule has 0 saturated carbocycles. The predicted octanol–water partition coefficient (Wildman–Crippen LogP) is 1.41. The van der Waals surface area contributed by atoms with Crippen molar-refractivity contribution in [1.29, 1.82) is 0 Å². The largest absolute Gasteiger partial charge is 0.368 e. The minimum Gasteiger partial charge on any atom is -0.368 e. The first-order valence-electron chi connectivity index (χ1n) is 9.46. The van der Waals surface area contributed by atoms with Gasteiger partial charge in [0.05, 0.1) is 12.2 Å². The van der Waals surface area contributed by atoms with Crippen LogP contribution >= 0.6 is 0 Å². The maximum Gasteiger partial charge on any atom is 0.229 e. The van der Waals surface area contributed by atoms with E-state index in [0.717, 1.165) is 50.6 Å². The number of carbonyl (C=O) groups excluding carboxylic acids is 1. The van der Waals surface area contributed by atoms with Gasteiger partial charge in [-0.2, -0.15) is 4.98 Å². The quantitative estimate of drug-likeness (QED) is 0.718. The third-order valence-corrected chi connectivity index (χ3v) is 5.06. The van der Waals surface area contributed by atoms with Crippen molar-refractivity contribution >= 4 is 29.0 Å². The molecular formula is C19H24FN7O. The van der Waals surface area contributed by atoms with Crippen LogP contribution in [0.4, 0.5) is 27.5 Å². The van der Waals surface area contributed by atoms with Gasteiger partial charge in [0.15, 0.2) is 11.6 Å². The molecule has 2 aliphatic rings. The zero-order valence-electron chi connectivity index (χ0n) is 15.8. The molecule has 1 amide bonds. The van der Waals surface area contributed by atoms with E-state index in [1.165, 1.54) is 6.20 Å². The molecule has 1 aromatic heterocycles. The molecule has 1 aromatic carbocycles. The van der Waals surface area contributed by atoms with Crippen LogP contribution in [0.3, 0.4) is 0 Å². The number of halogens is 1. The Labute approximate surface area is 163 Å². The van der Waals surface area contributed by atoms with E-state index in [9.17, 15) is 9.18 Å². The van der Waals surface area contributed by atoms with Crippen LogP contribution in [0.1, 0.15) is 6.92 Å². The van der Waals surface area contributed by atoms with Crippen molar-refractivity contribution in [3.8, 4) is 0 Å². The van der Waals surface area contributed by atoms with Crippen LogP contribution in [0.5, 0.6) is 0 Å². The molecule has 3 N–H and O–H groups in total. The molecule has 28 heavy (non-hydrogen) atoms. The normalized spacial score (nSPS) is 17.2. The molecule has 0 spiro atoms. The Morgan fingerprint density at radius 2 is 2.04 bits per heavy atom. The van der Waals surface area contributed by atoms with E-state index in [4.69, 9.17) is 0 Å². The predicted molar refractivity (Wildman–Crippen MR) is 106 cm³/mol. The average molecular weight is 385 g/mol. The highest BCUT2D eigenvalue weighted by Gasteiger charge is 2.20. The molecule has 0 bridgehead atoms. The van der Waals surface area contributed by atoms with E-state index < -0.39 is 5.82 Å². The lowest BCUT2D eigenvalue weighted by Gasteiger charge is -2.35. The molecule has 3 heterocycles. The maximum absolute atomic E-state index is 14.0. The van der Waals surface area contributed by atoms with Gasteiger partial charge in [-0.3, -0.25) is 4.79 Å². The Bertz CT molecular complexity index is 850. The molecule has 9 heteroatoms. The standard InChI is InChI=1S/C19H24FN7O/c1-13(28)26-5-7-27(8-6-26)16-4-2-3-14(9-16)24-19-22-12-17(20)18(25-19)23-15-10-21-11-15/h2-4,9,12,15,21H,5-8,10-11H2,1H3,(H2,22,23,24,25). The van der Waals surface area contributed by atoms with Gasteiger partial charge in [-0.25, -0.2) is 9.37 Å². The molecule has 0 radical (unpaired) electrons. The van der Waals surface area contributed by atoms with Gasteiger partial charge in [-0.05, 0) is 18.2 Å². The first-order chi connectivity index (χ1) is 13.6. The summed E-state index contributed by atoms with van der Waals surface area (Å²) in [7, 11) is 0.